The topological polar surface area (TPSA) is 98.5 Å². The van der Waals surface area contributed by atoms with Crippen molar-refractivity contribution in [3.8, 4) is 0 Å². The second-order valence-corrected chi connectivity index (χ2v) is 6.20. The van der Waals surface area contributed by atoms with Gasteiger partial charge in [0, 0.05) is 16.7 Å². The Bertz CT molecular complexity index is 675. The fourth-order valence-corrected chi connectivity index (χ4v) is 3.40. The van der Waals surface area contributed by atoms with Crippen LogP contribution in [0.1, 0.15) is 48.5 Å². The van der Waals surface area contributed by atoms with Gasteiger partial charge in [0.05, 0.1) is 6.61 Å². The van der Waals surface area contributed by atoms with Gasteiger partial charge in [-0.15, -0.1) is 0 Å². The largest absolute Gasteiger partial charge is 0.459 e. The molecule has 2 aliphatic carbocycles. The summed E-state index contributed by atoms with van der Waals surface area (Å²) in [6.45, 7) is 1.77. The molecule has 3 N–H and O–H groups in total. The summed E-state index contributed by atoms with van der Waals surface area (Å²) < 4.78 is 4.71. The molecule has 0 aliphatic heterocycles. The molecule has 2 fully saturated rings. The average molecular weight is 316 g/mol. The van der Waals surface area contributed by atoms with Gasteiger partial charge in [0.2, 0.25) is 5.91 Å². The van der Waals surface area contributed by atoms with Gasteiger partial charge in [-0.25, -0.2) is 4.79 Å². The number of nitrogens with two attached hydrogens (primary N) is 1. The van der Waals surface area contributed by atoms with Crippen molar-refractivity contribution in [2.75, 3.05) is 11.9 Å². The highest BCUT2D eigenvalue weighted by Gasteiger charge is 2.57. The summed E-state index contributed by atoms with van der Waals surface area (Å²) in [5.41, 5.74) is 7.14. The highest BCUT2D eigenvalue weighted by molar-refractivity contribution is 6.37. The first-order valence-electron chi connectivity index (χ1n) is 7.91. The third-order valence-electron chi connectivity index (χ3n) is 4.68. The third-order valence-corrected chi connectivity index (χ3v) is 4.68. The number of hydrogen-bond acceptors (Lipinski definition) is 4. The number of amides is 2. The van der Waals surface area contributed by atoms with E-state index in [0.29, 0.717) is 17.2 Å². The number of rotatable bonds is 5. The van der Waals surface area contributed by atoms with E-state index in [4.69, 9.17) is 10.5 Å². The van der Waals surface area contributed by atoms with E-state index in [1.54, 1.807) is 25.1 Å². The van der Waals surface area contributed by atoms with Gasteiger partial charge in [-0.2, -0.15) is 0 Å². The van der Waals surface area contributed by atoms with E-state index in [1.807, 2.05) is 0 Å². The quantitative estimate of drug-likeness (QED) is 0.638. The van der Waals surface area contributed by atoms with Crippen molar-refractivity contribution in [2.45, 2.75) is 38.0 Å². The summed E-state index contributed by atoms with van der Waals surface area (Å²) in [5.74, 6) is -1.75. The Morgan fingerprint density at radius 2 is 2.00 bits per heavy atom. The Hall–Kier alpha value is -2.37. The summed E-state index contributed by atoms with van der Waals surface area (Å²) in [6, 6.07) is 5.05. The van der Waals surface area contributed by atoms with Crippen molar-refractivity contribution in [3.63, 3.8) is 0 Å². The van der Waals surface area contributed by atoms with Crippen LogP contribution in [0.4, 0.5) is 5.69 Å². The Morgan fingerprint density at radius 3 is 2.52 bits per heavy atom. The third kappa shape index (κ3) is 2.81. The summed E-state index contributed by atoms with van der Waals surface area (Å²) >= 11 is 0. The Labute approximate surface area is 134 Å². The van der Waals surface area contributed by atoms with E-state index >= 15 is 0 Å². The molecule has 1 aromatic carbocycles. The molecular weight excluding hydrogens is 296 g/mol. The van der Waals surface area contributed by atoms with Crippen LogP contribution >= 0.6 is 0 Å². The molecule has 0 bridgehead atoms. The minimum Gasteiger partial charge on any atom is -0.459 e. The molecule has 0 aromatic heterocycles. The van der Waals surface area contributed by atoms with E-state index in [0.717, 1.165) is 31.2 Å². The summed E-state index contributed by atoms with van der Waals surface area (Å²) in [4.78, 5) is 35.4. The molecule has 3 rings (SSSR count). The van der Waals surface area contributed by atoms with Crippen LogP contribution < -0.4 is 11.1 Å². The van der Waals surface area contributed by atoms with Gasteiger partial charge < -0.3 is 15.8 Å². The number of carbonyl (C=O) groups is 3. The van der Waals surface area contributed by atoms with Gasteiger partial charge in [-0.05, 0) is 56.2 Å². The highest BCUT2D eigenvalue weighted by Crippen LogP contribution is 2.64. The van der Waals surface area contributed by atoms with E-state index < -0.39 is 17.8 Å². The molecular formula is C17H20N2O4. The van der Waals surface area contributed by atoms with Crippen LogP contribution in [0, 0.1) is 5.92 Å². The molecule has 0 spiro atoms. The number of esters is 1. The van der Waals surface area contributed by atoms with Crippen molar-refractivity contribution in [3.05, 3.63) is 29.3 Å². The second-order valence-electron chi connectivity index (χ2n) is 6.20. The summed E-state index contributed by atoms with van der Waals surface area (Å²) in [6.07, 6.45) is 4.20. The van der Waals surface area contributed by atoms with Crippen LogP contribution in [0.25, 0.3) is 0 Å². The number of anilines is 1. The predicted octanol–water partition coefficient (Wildman–Crippen LogP) is 1.73. The maximum absolute atomic E-state index is 12.0. The van der Waals surface area contributed by atoms with Crippen molar-refractivity contribution in [1.29, 1.82) is 0 Å². The average Bonchev–Trinajstić information content (AvgIpc) is 3.38. The molecule has 2 amide bonds. The number of ether oxygens (including phenoxy) is 1. The maximum atomic E-state index is 12.0. The summed E-state index contributed by atoms with van der Waals surface area (Å²) in [7, 11) is 0. The molecule has 2 saturated carbocycles. The second kappa shape index (κ2) is 5.68. The predicted molar refractivity (Wildman–Crippen MR) is 83.9 cm³/mol. The zero-order chi connectivity index (χ0) is 16.6. The SMILES string of the molecule is CCOC(=O)C(=O)Nc1cccc(C(N)=O)c1C1(C2CC2)CC1. The van der Waals surface area contributed by atoms with Crippen LogP contribution in [0.15, 0.2) is 18.2 Å². The van der Waals surface area contributed by atoms with Crippen molar-refractivity contribution in [2.24, 2.45) is 11.7 Å². The lowest BCUT2D eigenvalue weighted by Gasteiger charge is -2.22. The Balaban J connectivity index is 1.97. The normalized spacial score (nSPS) is 18.1. The zero-order valence-electron chi connectivity index (χ0n) is 13.1. The van der Waals surface area contributed by atoms with Crippen LogP contribution in [0.3, 0.4) is 0 Å². The lowest BCUT2D eigenvalue weighted by molar-refractivity contribution is -0.152. The summed E-state index contributed by atoms with van der Waals surface area (Å²) in [5, 5.41) is 2.60. The first-order valence-corrected chi connectivity index (χ1v) is 7.91. The van der Waals surface area contributed by atoms with Crippen molar-refractivity contribution < 1.29 is 19.1 Å². The number of hydrogen-bond donors (Lipinski definition) is 2. The molecule has 0 atom stereocenters. The Morgan fingerprint density at radius 1 is 1.30 bits per heavy atom. The van der Waals surface area contributed by atoms with Gasteiger partial charge in [0.1, 0.15) is 0 Å². The van der Waals surface area contributed by atoms with E-state index in [9.17, 15) is 14.4 Å². The van der Waals surface area contributed by atoms with Crippen LogP contribution in [-0.2, 0) is 19.7 Å². The van der Waals surface area contributed by atoms with Crippen LogP contribution in [0.5, 0.6) is 0 Å². The Kier molecular flexibility index (Phi) is 3.83. The maximum Gasteiger partial charge on any atom is 0.397 e. The first kappa shape index (κ1) is 15.5. The van der Waals surface area contributed by atoms with Gasteiger partial charge in [0.25, 0.3) is 0 Å². The van der Waals surface area contributed by atoms with Gasteiger partial charge in [0.15, 0.2) is 0 Å². The molecule has 2 aliphatic rings. The molecule has 122 valence electrons. The number of benzene rings is 1. The number of primary amides is 1. The molecule has 6 heteroatoms. The molecule has 0 unspecified atom stereocenters. The van der Waals surface area contributed by atoms with Crippen molar-refractivity contribution in [1.82, 2.24) is 0 Å². The van der Waals surface area contributed by atoms with E-state index in [-0.39, 0.29) is 12.0 Å². The lowest BCUT2D eigenvalue weighted by Crippen LogP contribution is -2.28. The number of nitrogens with one attached hydrogen (secondary N) is 1. The molecule has 0 radical (unpaired) electrons. The van der Waals surface area contributed by atoms with Gasteiger partial charge in [-0.1, -0.05) is 6.07 Å². The molecule has 1 aromatic rings. The van der Waals surface area contributed by atoms with Crippen molar-refractivity contribution >= 4 is 23.5 Å². The monoisotopic (exact) mass is 316 g/mol. The molecule has 23 heavy (non-hydrogen) atoms. The molecule has 0 heterocycles. The fourth-order valence-electron chi connectivity index (χ4n) is 3.40. The smallest absolute Gasteiger partial charge is 0.397 e. The highest BCUT2D eigenvalue weighted by atomic mass is 16.5. The minimum absolute atomic E-state index is 0.0805. The van der Waals surface area contributed by atoms with Gasteiger partial charge in [-0.3, -0.25) is 9.59 Å². The lowest BCUT2D eigenvalue weighted by atomic mass is 9.85. The van der Waals surface area contributed by atoms with Crippen LogP contribution in [0.2, 0.25) is 0 Å². The number of carbonyl (C=O) groups excluding carboxylic acids is 3. The van der Waals surface area contributed by atoms with E-state index in [1.165, 1.54) is 0 Å². The van der Waals surface area contributed by atoms with Crippen LogP contribution in [-0.4, -0.2) is 24.4 Å². The molecule has 0 saturated heterocycles. The molecule has 6 nitrogen and oxygen atoms in total. The fraction of sp³-hybridized carbons (Fsp3) is 0.471. The minimum atomic E-state index is -0.931. The van der Waals surface area contributed by atoms with E-state index in [2.05, 4.69) is 5.32 Å². The standard InChI is InChI=1S/C17H20N2O4/c1-2-23-16(22)15(21)19-12-5-3-4-11(14(18)20)13(12)17(8-9-17)10-6-7-10/h3-5,10H,2,6-9H2,1H3,(H2,18,20)(H,19,21). The van der Waals surface area contributed by atoms with Gasteiger partial charge >= 0.3 is 11.9 Å². The zero-order valence-corrected chi connectivity index (χ0v) is 13.1. The first-order chi connectivity index (χ1) is 11.0.